The molecule has 0 aromatic carbocycles. The largest absolute Gasteiger partial charge is 0.396 e. The van der Waals surface area contributed by atoms with Crippen LogP contribution < -0.4 is 0 Å². The predicted molar refractivity (Wildman–Crippen MR) is 126 cm³/mol. The van der Waals surface area contributed by atoms with Gasteiger partial charge in [-0.2, -0.15) is 0 Å². The molecule has 3 aliphatic carbocycles. The fourth-order valence-electron chi connectivity index (χ4n) is 8.22. The van der Waals surface area contributed by atoms with Gasteiger partial charge >= 0.3 is 0 Å². The van der Waals surface area contributed by atoms with Gasteiger partial charge in [0.05, 0.1) is 25.4 Å². The van der Waals surface area contributed by atoms with Crippen molar-refractivity contribution in [1.82, 2.24) is 4.90 Å². The third-order valence-electron chi connectivity index (χ3n) is 9.85. The van der Waals surface area contributed by atoms with Gasteiger partial charge in [0, 0.05) is 25.6 Å². The molecule has 0 aromatic heterocycles. The minimum Gasteiger partial charge on any atom is -0.396 e. The average Bonchev–Trinajstić information content (AvgIpc) is 3.12. The number of morpholine rings is 1. The third kappa shape index (κ3) is 5.42. The van der Waals surface area contributed by atoms with Gasteiger partial charge in [-0.05, 0) is 100 Å². The first-order chi connectivity index (χ1) is 15.3. The van der Waals surface area contributed by atoms with Crippen molar-refractivity contribution in [3.63, 3.8) is 0 Å². The Kier molecular flexibility index (Phi) is 8.02. The number of ketones is 1. The topological polar surface area (TPSA) is 70.0 Å². The summed E-state index contributed by atoms with van der Waals surface area (Å²) in [6.45, 7) is 8.60. The number of Topliss-reactive ketones (excluding diaryl/α,β-unsaturated/α-hetero) is 1. The van der Waals surface area contributed by atoms with Crippen LogP contribution in [0.15, 0.2) is 0 Å². The van der Waals surface area contributed by atoms with Crippen LogP contribution in [0.2, 0.25) is 0 Å². The maximum atomic E-state index is 13.3. The lowest BCUT2D eigenvalue weighted by atomic mass is 9.53. The van der Waals surface area contributed by atoms with Crippen LogP contribution in [0.4, 0.5) is 0 Å². The van der Waals surface area contributed by atoms with Gasteiger partial charge in [-0.15, -0.1) is 0 Å². The summed E-state index contributed by atoms with van der Waals surface area (Å²) < 4.78 is 5.46. The molecule has 3 saturated carbocycles. The number of carbonyl (C=O) groups excluding carboxylic acids is 1. The van der Waals surface area contributed by atoms with Gasteiger partial charge in [-0.1, -0.05) is 13.3 Å². The lowest BCUT2D eigenvalue weighted by Gasteiger charge is -2.52. The molecule has 5 nitrogen and oxygen atoms in total. The number of aliphatic hydroxyl groups is 2. The van der Waals surface area contributed by atoms with E-state index in [2.05, 4.69) is 11.8 Å². The van der Waals surface area contributed by atoms with E-state index in [0.717, 1.165) is 70.2 Å². The van der Waals surface area contributed by atoms with Crippen LogP contribution in [0.5, 0.6) is 0 Å². The highest BCUT2D eigenvalue weighted by Crippen LogP contribution is 2.62. The van der Waals surface area contributed by atoms with Crippen molar-refractivity contribution in [3.8, 4) is 0 Å². The van der Waals surface area contributed by atoms with E-state index in [0.29, 0.717) is 24.2 Å². The van der Waals surface area contributed by atoms with Crippen LogP contribution >= 0.6 is 0 Å². The van der Waals surface area contributed by atoms with Crippen molar-refractivity contribution in [2.45, 2.75) is 90.1 Å². The van der Waals surface area contributed by atoms with Crippen molar-refractivity contribution >= 4 is 5.78 Å². The van der Waals surface area contributed by atoms with E-state index < -0.39 is 5.60 Å². The lowest BCUT2D eigenvalue weighted by Crippen LogP contribution is -2.48. The van der Waals surface area contributed by atoms with Gasteiger partial charge < -0.3 is 14.9 Å². The summed E-state index contributed by atoms with van der Waals surface area (Å²) in [7, 11) is 0. The zero-order valence-corrected chi connectivity index (χ0v) is 20.6. The number of carbonyl (C=O) groups is 1. The second-order valence-electron chi connectivity index (χ2n) is 12.1. The SMILES string of the molecule is CC(O)(CCCCO)C[C@@H]1CC[C@@H]2[C@H](CC[C@]3(C)[C@@H](C(=O)CN4CCOCC4)CC[C@@H]23)C1. The number of aliphatic hydroxyl groups excluding tert-OH is 1. The van der Waals surface area contributed by atoms with Crippen LogP contribution in [-0.4, -0.2) is 66.0 Å². The van der Waals surface area contributed by atoms with Gasteiger partial charge in [0.2, 0.25) is 0 Å². The Balaban J connectivity index is 1.32. The van der Waals surface area contributed by atoms with Crippen molar-refractivity contribution in [1.29, 1.82) is 0 Å². The molecule has 1 aliphatic heterocycles. The van der Waals surface area contributed by atoms with E-state index in [1.165, 1.54) is 38.5 Å². The number of unbranched alkanes of at least 4 members (excludes halogenated alkanes) is 1. The smallest absolute Gasteiger partial charge is 0.150 e. The lowest BCUT2D eigenvalue weighted by molar-refractivity contribution is -0.131. The molecule has 4 rings (SSSR count). The molecule has 1 saturated heterocycles. The zero-order valence-electron chi connectivity index (χ0n) is 20.6. The molecule has 0 radical (unpaired) electrons. The zero-order chi connectivity index (χ0) is 22.8. The highest BCUT2D eigenvalue weighted by molar-refractivity contribution is 5.84. The molecule has 1 heterocycles. The number of ether oxygens (including phenoxy) is 1. The molecular weight excluding hydrogens is 402 g/mol. The average molecular weight is 450 g/mol. The number of fused-ring (bicyclic) bond motifs is 3. The van der Waals surface area contributed by atoms with Gasteiger partial charge in [0.25, 0.3) is 0 Å². The normalized spacial score (nSPS) is 39.8. The number of rotatable bonds is 9. The van der Waals surface area contributed by atoms with Gasteiger partial charge in [0.15, 0.2) is 0 Å². The summed E-state index contributed by atoms with van der Waals surface area (Å²) in [5.74, 6) is 3.65. The van der Waals surface area contributed by atoms with E-state index >= 15 is 0 Å². The first-order valence-electron chi connectivity index (χ1n) is 13.5. The summed E-state index contributed by atoms with van der Waals surface area (Å²) in [4.78, 5) is 15.6. The molecule has 0 amide bonds. The number of hydrogen-bond acceptors (Lipinski definition) is 5. The summed E-state index contributed by atoms with van der Waals surface area (Å²) in [6, 6.07) is 0. The Morgan fingerprint density at radius 2 is 1.91 bits per heavy atom. The Morgan fingerprint density at radius 1 is 1.12 bits per heavy atom. The monoisotopic (exact) mass is 449 g/mol. The first-order valence-corrected chi connectivity index (χ1v) is 13.5. The Bertz CT molecular complexity index is 631. The summed E-state index contributed by atoms with van der Waals surface area (Å²) >= 11 is 0. The predicted octanol–water partition coefficient (Wildman–Crippen LogP) is 4.05. The van der Waals surface area contributed by atoms with Crippen molar-refractivity contribution in [2.75, 3.05) is 39.5 Å². The molecule has 2 N–H and O–H groups in total. The quantitative estimate of drug-likeness (QED) is 0.520. The second-order valence-corrected chi connectivity index (χ2v) is 12.1. The number of hydrogen-bond donors (Lipinski definition) is 2. The summed E-state index contributed by atoms with van der Waals surface area (Å²) in [5.41, 5.74) is -0.395. The van der Waals surface area contributed by atoms with Crippen LogP contribution in [0, 0.1) is 35.0 Å². The second kappa shape index (κ2) is 10.4. The molecule has 184 valence electrons. The third-order valence-corrected chi connectivity index (χ3v) is 9.85. The van der Waals surface area contributed by atoms with Crippen LogP contribution in [0.3, 0.4) is 0 Å². The Labute approximate surface area is 195 Å². The summed E-state index contributed by atoms with van der Waals surface area (Å²) in [6.07, 6.45) is 12.0. The van der Waals surface area contributed by atoms with Crippen LogP contribution in [0.25, 0.3) is 0 Å². The molecule has 32 heavy (non-hydrogen) atoms. The first kappa shape index (κ1) is 24.6. The van der Waals surface area contributed by atoms with Crippen LogP contribution in [0.1, 0.15) is 84.5 Å². The van der Waals surface area contributed by atoms with Crippen molar-refractivity contribution < 1.29 is 19.7 Å². The van der Waals surface area contributed by atoms with Crippen molar-refractivity contribution in [3.05, 3.63) is 0 Å². The maximum Gasteiger partial charge on any atom is 0.150 e. The molecule has 0 aromatic rings. The van der Waals surface area contributed by atoms with E-state index in [4.69, 9.17) is 9.84 Å². The summed E-state index contributed by atoms with van der Waals surface area (Å²) in [5, 5.41) is 19.9. The fourth-order valence-corrected chi connectivity index (χ4v) is 8.22. The molecule has 5 heteroatoms. The minimum absolute atomic E-state index is 0.202. The van der Waals surface area contributed by atoms with Gasteiger partial charge in [0.1, 0.15) is 5.78 Å². The Morgan fingerprint density at radius 3 is 2.66 bits per heavy atom. The standard InChI is InChI=1S/C27H47NO4/c1-26(31,10-3-4-14-29)18-20-5-6-22-21(17-20)9-11-27(2)23(22)7-8-24(27)25(30)19-28-12-15-32-16-13-28/h20-24,29,31H,3-19H2,1-2H3/t20-,21-,22-,23+,24-,26?,27+/m1/s1. The molecule has 4 fully saturated rings. The van der Waals surface area contributed by atoms with E-state index in [1.54, 1.807) is 0 Å². The van der Waals surface area contributed by atoms with Gasteiger partial charge in [-0.25, -0.2) is 0 Å². The van der Waals surface area contributed by atoms with Gasteiger partial charge in [-0.3, -0.25) is 9.69 Å². The highest BCUT2D eigenvalue weighted by atomic mass is 16.5. The number of nitrogens with zero attached hydrogens (tertiary/aromatic N) is 1. The molecule has 4 aliphatic rings. The molecular formula is C27H47NO4. The van der Waals surface area contributed by atoms with Crippen molar-refractivity contribution in [2.24, 2.45) is 35.0 Å². The molecule has 0 spiro atoms. The van der Waals surface area contributed by atoms with E-state index in [9.17, 15) is 9.90 Å². The van der Waals surface area contributed by atoms with E-state index in [1.807, 2.05) is 6.92 Å². The molecule has 0 bridgehead atoms. The molecule has 1 unspecified atom stereocenters. The molecule has 7 atom stereocenters. The Hall–Kier alpha value is -0.490. The highest BCUT2D eigenvalue weighted by Gasteiger charge is 2.56. The minimum atomic E-state index is -0.597. The van der Waals surface area contributed by atoms with E-state index in [-0.39, 0.29) is 17.9 Å². The maximum absolute atomic E-state index is 13.3. The fraction of sp³-hybridized carbons (Fsp3) is 0.963. The van der Waals surface area contributed by atoms with Crippen LogP contribution in [-0.2, 0) is 9.53 Å².